The number of carbonyl (C=O) groups is 1. The highest BCUT2D eigenvalue weighted by atomic mass is 79.9. The van der Waals surface area contributed by atoms with Gasteiger partial charge in [-0.3, -0.25) is 4.79 Å². The number of hydrogen-bond acceptors (Lipinski definition) is 1. The third-order valence-electron chi connectivity index (χ3n) is 1.33. The monoisotopic (exact) mass is 212 g/mol. The Kier molecular flexibility index (Phi) is 2.79. The molecule has 0 aromatic heterocycles. The molecule has 0 saturated carbocycles. The maximum Gasteiger partial charge on any atom is 0.177 e. The van der Waals surface area contributed by atoms with Crippen molar-refractivity contribution in [3.63, 3.8) is 0 Å². The van der Waals surface area contributed by atoms with Gasteiger partial charge in [0.1, 0.15) is 0 Å². The van der Waals surface area contributed by atoms with E-state index >= 15 is 0 Å². The Labute approximate surface area is 73.5 Å². The zero-order valence-corrected chi connectivity index (χ0v) is 7.39. The smallest absolute Gasteiger partial charge is 0.177 e. The number of Topliss-reactive ketones (excluding diaryl/α,β-unsaturated/α-hetero) is 1. The normalized spacial score (nSPS) is 9.64. The van der Waals surface area contributed by atoms with Gasteiger partial charge in [-0.2, -0.15) is 0 Å². The zero-order chi connectivity index (χ0) is 8.27. The fraction of sp³-hybridized carbons (Fsp3) is 0.125. The van der Waals surface area contributed by atoms with E-state index < -0.39 is 0 Å². The van der Waals surface area contributed by atoms with Crippen LogP contribution in [-0.2, 0) is 0 Å². The molecular formula is C8H7BrNO. The molecule has 0 saturated heterocycles. The molecule has 0 aliphatic rings. The third kappa shape index (κ3) is 2.13. The van der Waals surface area contributed by atoms with Gasteiger partial charge in [0.25, 0.3) is 0 Å². The third-order valence-corrected chi connectivity index (χ3v) is 1.86. The van der Waals surface area contributed by atoms with Crippen molar-refractivity contribution in [2.24, 2.45) is 0 Å². The summed E-state index contributed by atoms with van der Waals surface area (Å²) < 4.78 is 0.944. The molecule has 0 aliphatic heterocycles. The number of carbonyl (C=O) groups excluding carboxylic acids is 1. The van der Waals surface area contributed by atoms with Crippen molar-refractivity contribution in [1.29, 1.82) is 0 Å². The minimum atomic E-state index is -0.179. The van der Waals surface area contributed by atoms with Crippen LogP contribution in [0.25, 0.3) is 0 Å². The maximum atomic E-state index is 10.9. The molecule has 0 bridgehead atoms. The van der Waals surface area contributed by atoms with Gasteiger partial charge in [-0.15, -0.1) is 0 Å². The van der Waals surface area contributed by atoms with Crippen LogP contribution in [0.1, 0.15) is 10.4 Å². The minimum Gasteiger partial charge on any atom is -0.293 e. The van der Waals surface area contributed by atoms with Crippen molar-refractivity contribution in [3.05, 3.63) is 34.3 Å². The van der Waals surface area contributed by atoms with Crippen LogP contribution in [-0.4, -0.2) is 12.3 Å². The second kappa shape index (κ2) is 3.64. The molecule has 0 spiro atoms. The van der Waals surface area contributed by atoms with E-state index in [0.29, 0.717) is 5.56 Å². The van der Waals surface area contributed by atoms with E-state index in [1.165, 1.54) is 0 Å². The lowest BCUT2D eigenvalue weighted by molar-refractivity contribution is 0.0999. The molecule has 2 nitrogen and oxygen atoms in total. The number of benzene rings is 1. The van der Waals surface area contributed by atoms with E-state index in [0.717, 1.165) is 4.47 Å². The van der Waals surface area contributed by atoms with Crippen LogP contribution < -0.4 is 5.73 Å². The van der Waals surface area contributed by atoms with Gasteiger partial charge in [-0.25, -0.2) is 5.73 Å². The Morgan fingerprint density at radius 3 is 2.36 bits per heavy atom. The van der Waals surface area contributed by atoms with Crippen LogP contribution >= 0.6 is 15.9 Å². The predicted octanol–water partition coefficient (Wildman–Crippen LogP) is 1.91. The average molecular weight is 213 g/mol. The molecule has 1 aromatic carbocycles. The first-order valence-corrected chi connectivity index (χ1v) is 3.96. The quantitative estimate of drug-likeness (QED) is 0.691. The molecule has 1 rings (SSSR count). The summed E-state index contributed by atoms with van der Waals surface area (Å²) in [5.74, 6) is -0.141. The fourth-order valence-electron chi connectivity index (χ4n) is 0.738. The standard InChI is InChI=1S/C8H7BrNO/c9-7-3-1-6(2-4-7)8(11)5-10/h1-4,10H,5H2. The van der Waals surface area contributed by atoms with Crippen molar-refractivity contribution in [2.45, 2.75) is 0 Å². The van der Waals surface area contributed by atoms with E-state index in [2.05, 4.69) is 15.9 Å². The van der Waals surface area contributed by atoms with Gasteiger partial charge < -0.3 is 0 Å². The van der Waals surface area contributed by atoms with Crippen molar-refractivity contribution >= 4 is 21.7 Å². The van der Waals surface area contributed by atoms with Gasteiger partial charge >= 0.3 is 0 Å². The summed E-state index contributed by atoms with van der Waals surface area (Å²) in [4.78, 5) is 10.9. The SMILES string of the molecule is [NH]CC(=O)c1ccc(Br)cc1. The lowest BCUT2D eigenvalue weighted by atomic mass is 10.1. The minimum absolute atomic E-state index is 0.141. The molecule has 0 unspecified atom stereocenters. The van der Waals surface area contributed by atoms with E-state index in [1.54, 1.807) is 24.3 Å². The van der Waals surface area contributed by atoms with E-state index in [9.17, 15) is 4.79 Å². The Balaban J connectivity index is 2.90. The Hall–Kier alpha value is -0.670. The molecule has 1 aromatic rings. The first-order chi connectivity index (χ1) is 5.24. The molecule has 57 valence electrons. The Morgan fingerprint density at radius 2 is 1.91 bits per heavy atom. The summed E-state index contributed by atoms with van der Waals surface area (Å²) >= 11 is 3.26. The topological polar surface area (TPSA) is 40.9 Å². The Bertz CT molecular complexity index is 255. The maximum absolute atomic E-state index is 10.9. The lowest BCUT2D eigenvalue weighted by Crippen LogP contribution is -2.04. The van der Waals surface area contributed by atoms with E-state index in [-0.39, 0.29) is 12.3 Å². The van der Waals surface area contributed by atoms with Gasteiger partial charge in [-0.05, 0) is 12.1 Å². The van der Waals surface area contributed by atoms with Crippen LogP contribution in [0.4, 0.5) is 0 Å². The molecule has 0 aliphatic carbocycles. The second-order valence-electron chi connectivity index (χ2n) is 2.11. The van der Waals surface area contributed by atoms with Crippen molar-refractivity contribution in [3.8, 4) is 0 Å². The zero-order valence-electron chi connectivity index (χ0n) is 5.80. The molecule has 11 heavy (non-hydrogen) atoms. The molecule has 0 atom stereocenters. The van der Waals surface area contributed by atoms with Crippen LogP contribution in [0.15, 0.2) is 28.7 Å². The Morgan fingerprint density at radius 1 is 1.36 bits per heavy atom. The number of hydrogen-bond donors (Lipinski definition) is 0. The van der Waals surface area contributed by atoms with Gasteiger partial charge in [-0.1, -0.05) is 28.1 Å². The highest BCUT2D eigenvalue weighted by molar-refractivity contribution is 9.10. The summed E-state index contributed by atoms with van der Waals surface area (Å²) in [5, 5.41) is 0. The van der Waals surface area contributed by atoms with Gasteiger partial charge in [0.05, 0.1) is 6.54 Å². The molecule has 0 heterocycles. The van der Waals surface area contributed by atoms with E-state index in [4.69, 9.17) is 5.73 Å². The first kappa shape index (κ1) is 8.43. The predicted molar refractivity (Wildman–Crippen MR) is 46.4 cm³/mol. The van der Waals surface area contributed by atoms with Crippen LogP contribution in [0, 0.1) is 0 Å². The highest BCUT2D eigenvalue weighted by Gasteiger charge is 2.01. The van der Waals surface area contributed by atoms with Gasteiger partial charge in [0, 0.05) is 10.0 Å². The summed E-state index contributed by atoms with van der Waals surface area (Å²) in [6.07, 6.45) is 0. The molecule has 1 radical (unpaired) electrons. The number of nitrogens with one attached hydrogen (secondary N) is 1. The fourth-order valence-corrected chi connectivity index (χ4v) is 1.00. The van der Waals surface area contributed by atoms with Crippen LogP contribution in [0.5, 0.6) is 0 Å². The largest absolute Gasteiger partial charge is 0.293 e. The summed E-state index contributed by atoms with van der Waals surface area (Å²) in [6.45, 7) is -0.179. The van der Waals surface area contributed by atoms with Crippen LogP contribution in [0.3, 0.4) is 0 Å². The molecular weight excluding hydrogens is 206 g/mol. The summed E-state index contributed by atoms with van der Waals surface area (Å²) in [6, 6.07) is 7.01. The number of halogens is 1. The van der Waals surface area contributed by atoms with Crippen molar-refractivity contribution < 1.29 is 4.79 Å². The highest BCUT2D eigenvalue weighted by Crippen LogP contribution is 2.10. The summed E-state index contributed by atoms with van der Waals surface area (Å²) in [7, 11) is 0. The van der Waals surface area contributed by atoms with Gasteiger partial charge in [0.15, 0.2) is 5.78 Å². The van der Waals surface area contributed by atoms with Crippen molar-refractivity contribution in [1.82, 2.24) is 5.73 Å². The van der Waals surface area contributed by atoms with E-state index in [1.807, 2.05) is 0 Å². The van der Waals surface area contributed by atoms with Crippen molar-refractivity contribution in [2.75, 3.05) is 6.54 Å². The number of rotatable bonds is 2. The molecule has 0 fully saturated rings. The summed E-state index contributed by atoms with van der Waals surface area (Å²) in [5.41, 5.74) is 7.44. The second-order valence-corrected chi connectivity index (χ2v) is 3.02. The lowest BCUT2D eigenvalue weighted by Gasteiger charge is -1.95. The van der Waals surface area contributed by atoms with Gasteiger partial charge in [0.2, 0.25) is 0 Å². The first-order valence-electron chi connectivity index (χ1n) is 3.17. The van der Waals surface area contributed by atoms with Crippen LogP contribution in [0.2, 0.25) is 0 Å². The molecule has 0 amide bonds. The molecule has 3 heteroatoms. The molecule has 1 N–H and O–H groups in total. The number of ketones is 1. The average Bonchev–Trinajstić information content (AvgIpc) is 2.05.